The Morgan fingerprint density at radius 3 is 2.90 bits per heavy atom. The quantitative estimate of drug-likeness (QED) is 0.579. The monoisotopic (exact) mass is 143 g/mol. The van der Waals surface area contributed by atoms with Crippen LogP contribution in [0.2, 0.25) is 0 Å². The lowest BCUT2D eigenvalue weighted by Crippen LogP contribution is -2.32. The fourth-order valence-corrected chi connectivity index (χ4v) is 1.30. The van der Waals surface area contributed by atoms with Gasteiger partial charge in [0.05, 0.1) is 0 Å². The Balaban J connectivity index is 2.39. The van der Waals surface area contributed by atoms with E-state index in [2.05, 4.69) is 11.9 Å². The van der Waals surface area contributed by atoms with Crippen molar-refractivity contribution in [3.8, 4) is 0 Å². The van der Waals surface area contributed by atoms with E-state index >= 15 is 0 Å². The second kappa shape index (κ2) is 3.15. The largest absolute Gasteiger partial charge is 0.311 e. The molecule has 1 saturated heterocycles. The van der Waals surface area contributed by atoms with Crippen LogP contribution in [0.4, 0.5) is 4.39 Å². The highest BCUT2D eigenvalue weighted by molar-refractivity contribution is 5.03. The Morgan fingerprint density at radius 2 is 2.50 bits per heavy atom. The first kappa shape index (κ1) is 7.73. The minimum absolute atomic E-state index is 0.0394. The first-order chi connectivity index (χ1) is 4.72. The molecule has 0 aliphatic carbocycles. The molecule has 0 spiro atoms. The van der Waals surface area contributed by atoms with E-state index in [9.17, 15) is 4.39 Å². The molecule has 1 rings (SSSR count). The summed E-state index contributed by atoms with van der Waals surface area (Å²) in [6.45, 7) is 6.28. The summed E-state index contributed by atoms with van der Waals surface area (Å²) < 4.78 is 13.1. The third kappa shape index (κ3) is 1.57. The molecule has 0 saturated carbocycles. The van der Waals surface area contributed by atoms with Crippen molar-refractivity contribution >= 4 is 0 Å². The second-order valence-corrected chi connectivity index (χ2v) is 2.95. The second-order valence-electron chi connectivity index (χ2n) is 2.95. The molecule has 1 nitrogen and oxygen atoms in total. The van der Waals surface area contributed by atoms with Gasteiger partial charge in [0.25, 0.3) is 0 Å². The average molecular weight is 143 g/mol. The van der Waals surface area contributed by atoms with Gasteiger partial charge in [-0.25, -0.2) is 4.39 Å². The first-order valence-electron chi connectivity index (χ1n) is 3.74. The summed E-state index contributed by atoms with van der Waals surface area (Å²) in [4.78, 5) is 0. The van der Waals surface area contributed by atoms with Crippen molar-refractivity contribution < 1.29 is 4.39 Å². The Kier molecular flexibility index (Phi) is 2.44. The highest BCUT2D eigenvalue weighted by Crippen LogP contribution is 2.16. The molecule has 1 aliphatic heterocycles. The van der Waals surface area contributed by atoms with Crippen LogP contribution in [0.1, 0.15) is 19.8 Å². The third-order valence-corrected chi connectivity index (χ3v) is 1.92. The molecule has 1 N–H and O–H groups in total. The molecule has 58 valence electrons. The van der Waals surface area contributed by atoms with Crippen molar-refractivity contribution in [2.24, 2.45) is 0 Å². The molecule has 0 aromatic carbocycles. The molecule has 1 heterocycles. The third-order valence-electron chi connectivity index (χ3n) is 1.92. The summed E-state index contributed by atoms with van der Waals surface area (Å²) in [7, 11) is 0. The van der Waals surface area contributed by atoms with Crippen molar-refractivity contribution in [3.05, 3.63) is 12.2 Å². The zero-order chi connectivity index (χ0) is 7.56. The standard InChI is InChI=1S/C8H14FN/c1-6(2)8(9)7-4-3-5-10-7/h7-8,10H,1,3-5H2,2H3. The molecular weight excluding hydrogens is 129 g/mol. The maximum absolute atomic E-state index is 13.1. The highest BCUT2D eigenvalue weighted by atomic mass is 19.1. The highest BCUT2D eigenvalue weighted by Gasteiger charge is 2.23. The zero-order valence-electron chi connectivity index (χ0n) is 6.36. The predicted octanol–water partition coefficient (Wildman–Crippen LogP) is 1.65. The Labute approximate surface area is 61.3 Å². The molecular formula is C8H14FN. The normalized spacial score (nSPS) is 28.4. The number of alkyl halides is 1. The van der Waals surface area contributed by atoms with Gasteiger partial charge < -0.3 is 5.32 Å². The molecule has 1 aliphatic rings. The van der Waals surface area contributed by atoms with Crippen LogP contribution in [0, 0.1) is 0 Å². The van der Waals surface area contributed by atoms with E-state index in [4.69, 9.17) is 0 Å². The van der Waals surface area contributed by atoms with Crippen LogP contribution < -0.4 is 5.32 Å². The summed E-state index contributed by atoms with van der Waals surface area (Å²) in [5.74, 6) is 0. The fraction of sp³-hybridized carbons (Fsp3) is 0.750. The summed E-state index contributed by atoms with van der Waals surface area (Å²) >= 11 is 0. The van der Waals surface area contributed by atoms with Crippen molar-refractivity contribution in [1.82, 2.24) is 5.32 Å². The van der Waals surface area contributed by atoms with Crippen LogP contribution in [0.15, 0.2) is 12.2 Å². The van der Waals surface area contributed by atoms with Crippen LogP contribution in [0.5, 0.6) is 0 Å². The first-order valence-corrected chi connectivity index (χ1v) is 3.74. The molecule has 0 radical (unpaired) electrons. The van der Waals surface area contributed by atoms with Crippen LogP contribution in [-0.2, 0) is 0 Å². The molecule has 0 bridgehead atoms. The summed E-state index contributed by atoms with van der Waals surface area (Å²) in [5.41, 5.74) is 0.638. The summed E-state index contributed by atoms with van der Waals surface area (Å²) in [6, 6.07) is 0.0394. The topological polar surface area (TPSA) is 12.0 Å². The van der Waals surface area contributed by atoms with Crippen molar-refractivity contribution in [2.75, 3.05) is 6.54 Å². The molecule has 10 heavy (non-hydrogen) atoms. The lowest BCUT2D eigenvalue weighted by atomic mass is 10.1. The van der Waals surface area contributed by atoms with E-state index in [1.54, 1.807) is 6.92 Å². The van der Waals surface area contributed by atoms with Crippen molar-refractivity contribution in [3.63, 3.8) is 0 Å². The van der Waals surface area contributed by atoms with Gasteiger partial charge in [0.2, 0.25) is 0 Å². The Hall–Kier alpha value is -0.370. The smallest absolute Gasteiger partial charge is 0.136 e. The fourth-order valence-electron chi connectivity index (χ4n) is 1.30. The van der Waals surface area contributed by atoms with E-state index in [1.807, 2.05) is 0 Å². The van der Waals surface area contributed by atoms with E-state index in [1.165, 1.54) is 0 Å². The molecule has 2 unspecified atom stereocenters. The maximum atomic E-state index is 13.1. The molecule has 2 heteroatoms. The van der Waals surface area contributed by atoms with Gasteiger partial charge in [0.15, 0.2) is 0 Å². The predicted molar refractivity (Wildman–Crippen MR) is 40.7 cm³/mol. The van der Waals surface area contributed by atoms with Gasteiger partial charge in [0, 0.05) is 6.04 Å². The van der Waals surface area contributed by atoms with Gasteiger partial charge >= 0.3 is 0 Å². The van der Waals surface area contributed by atoms with Gasteiger partial charge in [-0.3, -0.25) is 0 Å². The van der Waals surface area contributed by atoms with Crippen molar-refractivity contribution in [2.45, 2.75) is 32.0 Å². The van der Waals surface area contributed by atoms with Gasteiger partial charge in [-0.15, -0.1) is 0 Å². The van der Waals surface area contributed by atoms with Crippen molar-refractivity contribution in [1.29, 1.82) is 0 Å². The number of nitrogens with one attached hydrogen (secondary N) is 1. The minimum Gasteiger partial charge on any atom is -0.311 e. The van der Waals surface area contributed by atoms with E-state index in [-0.39, 0.29) is 6.04 Å². The molecule has 0 amide bonds. The van der Waals surface area contributed by atoms with Crippen LogP contribution >= 0.6 is 0 Å². The van der Waals surface area contributed by atoms with Gasteiger partial charge in [-0.2, -0.15) is 0 Å². The lowest BCUT2D eigenvalue weighted by Gasteiger charge is -2.15. The van der Waals surface area contributed by atoms with Gasteiger partial charge in [0.1, 0.15) is 6.17 Å². The molecule has 0 aromatic heterocycles. The molecule has 1 fully saturated rings. The van der Waals surface area contributed by atoms with Crippen LogP contribution in [0.3, 0.4) is 0 Å². The number of hydrogen-bond donors (Lipinski definition) is 1. The molecule has 0 aromatic rings. The van der Waals surface area contributed by atoms with Crippen LogP contribution in [-0.4, -0.2) is 18.8 Å². The Morgan fingerprint density at radius 1 is 1.80 bits per heavy atom. The number of halogens is 1. The number of rotatable bonds is 2. The minimum atomic E-state index is -0.845. The van der Waals surface area contributed by atoms with E-state index in [0.29, 0.717) is 5.57 Å². The summed E-state index contributed by atoms with van der Waals surface area (Å²) in [5, 5.41) is 3.10. The lowest BCUT2D eigenvalue weighted by molar-refractivity contribution is 0.306. The maximum Gasteiger partial charge on any atom is 0.136 e. The number of hydrogen-bond acceptors (Lipinski definition) is 1. The van der Waals surface area contributed by atoms with E-state index < -0.39 is 6.17 Å². The van der Waals surface area contributed by atoms with E-state index in [0.717, 1.165) is 19.4 Å². The van der Waals surface area contributed by atoms with Gasteiger partial charge in [-0.05, 0) is 31.9 Å². The zero-order valence-corrected chi connectivity index (χ0v) is 6.36. The van der Waals surface area contributed by atoms with Gasteiger partial charge in [-0.1, -0.05) is 6.58 Å². The van der Waals surface area contributed by atoms with Crippen LogP contribution in [0.25, 0.3) is 0 Å². The SMILES string of the molecule is C=C(C)C(F)C1CCCN1. The Bertz CT molecular complexity index is 127. The molecule has 2 atom stereocenters. The summed E-state index contributed by atoms with van der Waals surface area (Å²) in [6.07, 6.45) is 1.20. The average Bonchev–Trinajstić information content (AvgIpc) is 2.36.